The van der Waals surface area contributed by atoms with E-state index in [9.17, 15) is 14.7 Å². The molecule has 106 valence electrons. The Morgan fingerprint density at radius 1 is 1.53 bits per heavy atom. The standard InChI is InChI=1S/C14H21NO4/c1-13(2,3)19-12(18)15-9-11(17)8-14(15)6-4-10(16)5-7-14/h4,6,11,17H,5,7-9H2,1-3H3/t11-,14-/m1/s1. The third-order valence-electron chi connectivity index (χ3n) is 3.52. The predicted octanol–water partition coefficient (Wildman–Crippen LogP) is 1.65. The van der Waals surface area contributed by atoms with Gasteiger partial charge in [0.1, 0.15) is 5.60 Å². The van der Waals surface area contributed by atoms with E-state index in [4.69, 9.17) is 4.74 Å². The summed E-state index contributed by atoms with van der Waals surface area (Å²) in [5.74, 6) is 0.0659. The molecule has 0 bridgehead atoms. The van der Waals surface area contributed by atoms with Crippen molar-refractivity contribution >= 4 is 11.9 Å². The van der Waals surface area contributed by atoms with E-state index >= 15 is 0 Å². The van der Waals surface area contributed by atoms with Crippen LogP contribution in [0, 0.1) is 0 Å². The fourth-order valence-electron chi connectivity index (χ4n) is 2.70. The van der Waals surface area contributed by atoms with Crippen molar-refractivity contribution in [1.29, 1.82) is 0 Å². The summed E-state index contributed by atoms with van der Waals surface area (Å²) in [5.41, 5.74) is -1.13. The molecule has 0 unspecified atom stereocenters. The lowest BCUT2D eigenvalue weighted by molar-refractivity contribution is -0.115. The van der Waals surface area contributed by atoms with Crippen LogP contribution in [0.2, 0.25) is 0 Å². The number of ether oxygens (including phenoxy) is 1. The Morgan fingerprint density at radius 3 is 2.74 bits per heavy atom. The normalized spacial score (nSPS) is 31.1. The first-order chi connectivity index (χ1) is 8.72. The Labute approximate surface area is 113 Å². The summed E-state index contributed by atoms with van der Waals surface area (Å²) in [6.45, 7) is 5.69. The molecule has 2 aliphatic rings. The average Bonchev–Trinajstić information content (AvgIpc) is 2.58. The molecule has 0 saturated carbocycles. The molecule has 1 N–H and O–H groups in total. The maximum atomic E-state index is 12.2. The van der Waals surface area contributed by atoms with Gasteiger partial charge in [-0.2, -0.15) is 0 Å². The van der Waals surface area contributed by atoms with Crippen LogP contribution in [0.1, 0.15) is 40.0 Å². The zero-order chi connectivity index (χ0) is 14.3. The Hall–Kier alpha value is -1.36. The van der Waals surface area contributed by atoms with Crippen LogP contribution in [0.4, 0.5) is 4.79 Å². The fraction of sp³-hybridized carbons (Fsp3) is 0.714. The van der Waals surface area contributed by atoms with Gasteiger partial charge in [0.05, 0.1) is 18.2 Å². The lowest BCUT2D eigenvalue weighted by Gasteiger charge is -2.38. The van der Waals surface area contributed by atoms with E-state index in [-0.39, 0.29) is 12.3 Å². The van der Waals surface area contributed by atoms with Gasteiger partial charge in [0.2, 0.25) is 0 Å². The Bertz CT molecular complexity index is 424. The number of carbonyl (C=O) groups excluding carboxylic acids is 2. The molecule has 1 aliphatic carbocycles. The number of likely N-dealkylation sites (tertiary alicyclic amines) is 1. The van der Waals surface area contributed by atoms with Crippen molar-refractivity contribution < 1.29 is 19.4 Å². The van der Waals surface area contributed by atoms with Gasteiger partial charge in [-0.15, -0.1) is 0 Å². The van der Waals surface area contributed by atoms with Crippen LogP contribution in [-0.4, -0.2) is 45.7 Å². The molecule has 0 radical (unpaired) electrons. The van der Waals surface area contributed by atoms with Crippen LogP contribution < -0.4 is 0 Å². The van der Waals surface area contributed by atoms with E-state index in [1.165, 1.54) is 6.08 Å². The Kier molecular flexibility index (Phi) is 3.43. The summed E-state index contributed by atoms with van der Waals surface area (Å²) in [6.07, 6.45) is 3.70. The van der Waals surface area contributed by atoms with Crippen molar-refractivity contribution in [3.63, 3.8) is 0 Å². The summed E-state index contributed by atoms with van der Waals surface area (Å²) >= 11 is 0. The highest BCUT2D eigenvalue weighted by atomic mass is 16.6. The first-order valence-electron chi connectivity index (χ1n) is 6.63. The van der Waals surface area contributed by atoms with Gasteiger partial charge in [-0.25, -0.2) is 4.79 Å². The van der Waals surface area contributed by atoms with E-state index in [1.54, 1.807) is 11.0 Å². The number of nitrogens with zero attached hydrogens (tertiary/aromatic N) is 1. The maximum absolute atomic E-state index is 12.2. The molecule has 1 heterocycles. The first kappa shape index (κ1) is 14.1. The number of ketones is 1. The van der Waals surface area contributed by atoms with Gasteiger partial charge in [0.15, 0.2) is 5.78 Å². The van der Waals surface area contributed by atoms with Crippen LogP contribution >= 0.6 is 0 Å². The third kappa shape index (κ3) is 2.97. The number of hydrogen-bond donors (Lipinski definition) is 1. The van der Waals surface area contributed by atoms with E-state index in [2.05, 4.69) is 0 Å². The van der Waals surface area contributed by atoms with Crippen LogP contribution in [0.3, 0.4) is 0 Å². The highest BCUT2D eigenvalue weighted by Crippen LogP contribution is 2.38. The molecular formula is C14H21NO4. The molecule has 1 saturated heterocycles. The fourth-order valence-corrected chi connectivity index (χ4v) is 2.70. The molecule has 19 heavy (non-hydrogen) atoms. The molecule has 2 atom stereocenters. The number of aliphatic hydroxyl groups excluding tert-OH is 1. The molecule has 1 amide bonds. The van der Waals surface area contributed by atoms with Gasteiger partial charge in [0, 0.05) is 12.8 Å². The number of rotatable bonds is 0. The zero-order valence-electron chi connectivity index (χ0n) is 11.7. The average molecular weight is 267 g/mol. The quantitative estimate of drug-likeness (QED) is 0.724. The lowest BCUT2D eigenvalue weighted by atomic mass is 9.84. The van der Waals surface area contributed by atoms with Crippen molar-refractivity contribution in [2.75, 3.05) is 6.54 Å². The van der Waals surface area contributed by atoms with Gasteiger partial charge < -0.3 is 9.84 Å². The molecule has 5 nitrogen and oxygen atoms in total. The monoisotopic (exact) mass is 267 g/mol. The zero-order valence-corrected chi connectivity index (χ0v) is 11.7. The summed E-state index contributed by atoms with van der Waals surface area (Å²) < 4.78 is 5.38. The van der Waals surface area contributed by atoms with Gasteiger partial charge in [0.25, 0.3) is 0 Å². The second-order valence-electron chi connectivity index (χ2n) is 6.35. The highest BCUT2D eigenvalue weighted by Gasteiger charge is 2.48. The van der Waals surface area contributed by atoms with Gasteiger partial charge in [-0.05, 0) is 33.3 Å². The molecule has 0 aromatic rings. The molecule has 1 fully saturated rings. The SMILES string of the molecule is CC(C)(C)OC(=O)N1C[C@H](O)C[C@]12C=CC(=O)CC2. The minimum Gasteiger partial charge on any atom is -0.444 e. The van der Waals surface area contributed by atoms with Crippen LogP contribution in [0.5, 0.6) is 0 Å². The molecule has 1 aliphatic heterocycles. The van der Waals surface area contributed by atoms with E-state index in [0.717, 1.165) is 0 Å². The minimum absolute atomic E-state index is 0.0659. The van der Waals surface area contributed by atoms with E-state index in [0.29, 0.717) is 19.3 Å². The number of carbonyl (C=O) groups is 2. The third-order valence-corrected chi connectivity index (χ3v) is 3.52. The number of hydrogen-bond acceptors (Lipinski definition) is 4. The Morgan fingerprint density at radius 2 is 2.21 bits per heavy atom. The van der Waals surface area contributed by atoms with Crippen molar-refractivity contribution in [1.82, 2.24) is 4.90 Å². The maximum Gasteiger partial charge on any atom is 0.411 e. The van der Waals surface area contributed by atoms with Crippen LogP contribution in [-0.2, 0) is 9.53 Å². The molecule has 2 rings (SSSR count). The largest absolute Gasteiger partial charge is 0.444 e. The van der Waals surface area contributed by atoms with Crippen molar-refractivity contribution in [3.8, 4) is 0 Å². The molecule has 0 aromatic carbocycles. The molecular weight excluding hydrogens is 246 g/mol. The summed E-state index contributed by atoms with van der Waals surface area (Å²) in [4.78, 5) is 25.1. The molecule has 1 spiro atoms. The van der Waals surface area contributed by atoms with Crippen LogP contribution in [0.25, 0.3) is 0 Å². The van der Waals surface area contributed by atoms with Gasteiger partial charge >= 0.3 is 6.09 Å². The minimum atomic E-state index is -0.569. The van der Waals surface area contributed by atoms with Crippen molar-refractivity contribution in [2.24, 2.45) is 0 Å². The summed E-state index contributed by atoms with van der Waals surface area (Å²) in [6, 6.07) is 0. The first-order valence-corrected chi connectivity index (χ1v) is 6.63. The summed E-state index contributed by atoms with van der Waals surface area (Å²) in [5, 5.41) is 9.86. The lowest BCUT2D eigenvalue weighted by Crippen LogP contribution is -2.49. The smallest absolute Gasteiger partial charge is 0.411 e. The summed E-state index contributed by atoms with van der Waals surface area (Å²) in [7, 11) is 0. The number of β-amino-alcohol motifs (C(OH)–C–C–N with tert-alkyl or cyclic N) is 1. The van der Waals surface area contributed by atoms with E-state index in [1.807, 2.05) is 20.8 Å². The van der Waals surface area contributed by atoms with Gasteiger partial charge in [-0.1, -0.05) is 6.08 Å². The topological polar surface area (TPSA) is 66.8 Å². The predicted molar refractivity (Wildman–Crippen MR) is 69.7 cm³/mol. The number of allylic oxidation sites excluding steroid dienone is 1. The number of amides is 1. The second-order valence-corrected chi connectivity index (χ2v) is 6.35. The highest BCUT2D eigenvalue weighted by molar-refractivity contribution is 5.91. The Balaban J connectivity index is 2.21. The van der Waals surface area contributed by atoms with Crippen molar-refractivity contribution in [2.45, 2.75) is 57.3 Å². The number of aliphatic hydroxyl groups is 1. The van der Waals surface area contributed by atoms with Crippen molar-refractivity contribution in [3.05, 3.63) is 12.2 Å². The second kappa shape index (κ2) is 4.63. The van der Waals surface area contributed by atoms with E-state index < -0.39 is 23.3 Å². The van der Waals surface area contributed by atoms with Gasteiger partial charge in [-0.3, -0.25) is 9.69 Å². The molecule has 5 heteroatoms. The molecule has 0 aromatic heterocycles. The van der Waals surface area contributed by atoms with Crippen LogP contribution in [0.15, 0.2) is 12.2 Å².